The van der Waals surface area contributed by atoms with Gasteiger partial charge in [0, 0.05) is 11.4 Å². The number of rotatable bonds is 4. The second-order valence-corrected chi connectivity index (χ2v) is 9.55. The highest BCUT2D eigenvalue weighted by Gasteiger charge is 2.37. The van der Waals surface area contributed by atoms with E-state index in [1.165, 1.54) is 11.0 Å². The maximum Gasteiger partial charge on any atom is 0.260 e. The van der Waals surface area contributed by atoms with Crippen LogP contribution in [0.4, 0.5) is 10.1 Å². The first-order valence-electron chi connectivity index (χ1n) is 9.40. The Morgan fingerprint density at radius 1 is 1.29 bits per heavy atom. The van der Waals surface area contributed by atoms with E-state index < -0.39 is 33.4 Å². The molecule has 1 aromatic heterocycles. The lowest BCUT2D eigenvalue weighted by Crippen LogP contribution is -2.45. The second-order valence-electron chi connectivity index (χ2n) is 7.11. The number of nitrogens with two attached hydrogens (primary N) is 1. The Labute approximate surface area is 182 Å². The van der Waals surface area contributed by atoms with Crippen molar-refractivity contribution in [3.05, 3.63) is 58.6 Å². The van der Waals surface area contributed by atoms with E-state index in [1.54, 1.807) is 24.3 Å². The van der Waals surface area contributed by atoms with Gasteiger partial charge in [-0.15, -0.1) is 0 Å². The maximum atomic E-state index is 14.9. The summed E-state index contributed by atoms with van der Waals surface area (Å²) in [5.74, 6) is -1.83. The molecule has 0 unspecified atom stereocenters. The van der Waals surface area contributed by atoms with Crippen molar-refractivity contribution in [2.75, 3.05) is 10.7 Å². The van der Waals surface area contributed by atoms with Gasteiger partial charge in [-0.1, -0.05) is 35.8 Å². The Hall–Kier alpha value is -2.82. The fraction of sp³-hybridized carbons (Fsp3) is 0.250. The monoisotopic (exact) mass is 464 g/mol. The number of fused-ring (bicyclic) bond motifs is 1. The van der Waals surface area contributed by atoms with Crippen LogP contribution in [-0.4, -0.2) is 36.3 Å². The minimum absolute atomic E-state index is 0.000508. The van der Waals surface area contributed by atoms with E-state index >= 15 is 0 Å². The van der Waals surface area contributed by atoms with Crippen LogP contribution in [0, 0.1) is 5.82 Å². The number of nitrogens with zero attached hydrogens (tertiary/aromatic N) is 3. The number of carbonyl (C=O) groups excluding carboxylic acids is 1. The van der Waals surface area contributed by atoms with Crippen LogP contribution in [-0.2, 0) is 27.6 Å². The van der Waals surface area contributed by atoms with Crippen LogP contribution >= 0.6 is 11.6 Å². The first-order valence-corrected chi connectivity index (χ1v) is 11.4. The Morgan fingerprint density at radius 2 is 2.00 bits per heavy atom. The molecule has 2 aromatic carbocycles. The molecule has 0 saturated heterocycles. The van der Waals surface area contributed by atoms with Crippen molar-refractivity contribution in [3.8, 4) is 11.5 Å². The normalized spacial score (nSPS) is 18.0. The Kier molecular flexibility index (Phi) is 5.54. The van der Waals surface area contributed by atoms with Gasteiger partial charge < -0.3 is 15.2 Å². The van der Waals surface area contributed by atoms with Crippen LogP contribution in [0.15, 0.2) is 45.8 Å². The molecule has 0 aliphatic carbocycles. The zero-order valence-electron chi connectivity index (χ0n) is 16.4. The molecule has 162 valence electrons. The molecule has 11 heteroatoms. The molecule has 3 aromatic rings. The van der Waals surface area contributed by atoms with Gasteiger partial charge in [-0.2, -0.15) is 4.98 Å². The average molecular weight is 465 g/mol. The molecule has 0 saturated carbocycles. The van der Waals surface area contributed by atoms with Crippen molar-refractivity contribution < 1.29 is 22.1 Å². The Balaban J connectivity index is 1.90. The molecule has 0 fully saturated rings. The molecule has 1 aliphatic rings. The Morgan fingerprint density at radius 3 is 2.65 bits per heavy atom. The molecule has 0 radical (unpaired) electrons. The predicted molar refractivity (Wildman–Crippen MR) is 112 cm³/mol. The van der Waals surface area contributed by atoms with Crippen molar-refractivity contribution in [2.24, 2.45) is 5.73 Å². The number of aromatic nitrogens is 2. The smallest absolute Gasteiger partial charge is 0.260 e. The van der Waals surface area contributed by atoms with Crippen LogP contribution in [0.25, 0.3) is 11.5 Å². The standard InChI is InChI=1S/C20H18ClFN4O4S/c1-2-18-24-19(30-25-18)13-7-16-17(8-14(13)22)31(28,29)10-15(23)20(27)26(16)9-11-3-5-12(21)6-4-11/h3-8,15H,2,9-10,23H2,1H3/t15-/m0/s1. The van der Waals surface area contributed by atoms with Crippen LogP contribution in [0.3, 0.4) is 0 Å². The van der Waals surface area contributed by atoms with Gasteiger partial charge in [0.25, 0.3) is 5.89 Å². The number of halogens is 2. The van der Waals surface area contributed by atoms with E-state index in [1.807, 2.05) is 6.92 Å². The fourth-order valence-corrected chi connectivity index (χ4v) is 5.02. The molecule has 1 aliphatic heterocycles. The molecular weight excluding hydrogens is 447 g/mol. The number of amides is 1. The van der Waals surface area contributed by atoms with Gasteiger partial charge in [0.05, 0.1) is 34.5 Å². The van der Waals surface area contributed by atoms with Gasteiger partial charge in [0.15, 0.2) is 15.7 Å². The highest BCUT2D eigenvalue weighted by atomic mass is 35.5. The van der Waals surface area contributed by atoms with Crippen LogP contribution in [0.2, 0.25) is 5.02 Å². The third-order valence-corrected chi connectivity index (χ3v) is 6.97. The Bertz CT molecular complexity index is 1260. The number of hydrogen-bond donors (Lipinski definition) is 1. The number of aryl methyl sites for hydroxylation is 1. The molecule has 0 spiro atoms. The van der Waals surface area contributed by atoms with Gasteiger partial charge in [0.1, 0.15) is 5.82 Å². The van der Waals surface area contributed by atoms with E-state index in [4.69, 9.17) is 21.9 Å². The number of anilines is 1. The van der Waals surface area contributed by atoms with E-state index in [2.05, 4.69) is 10.1 Å². The summed E-state index contributed by atoms with van der Waals surface area (Å²) in [6.07, 6.45) is 0.473. The summed E-state index contributed by atoms with van der Waals surface area (Å²) in [4.78, 5) is 18.0. The number of carbonyl (C=O) groups is 1. The van der Waals surface area contributed by atoms with Crippen LogP contribution in [0.5, 0.6) is 0 Å². The van der Waals surface area contributed by atoms with Crippen molar-refractivity contribution in [1.29, 1.82) is 0 Å². The zero-order valence-corrected chi connectivity index (χ0v) is 18.0. The van der Waals surface area contributed by atoms with Gasteiger partial charge in [-0.25, -0.2) is 12.8 Å². The SMILES string of the molecule is CCc1noc(-c2cc3c(cc2F)S(=O)(=O)C[C@H](N)C(=O)N3Cc2ccc(Cl)cc2)n1. The van der Waals surface area contributed by atoms with E-state index in [-0.39, 0.29) is 28.6 Å². The summed E-state index contributed by atoms with van der Waals surface area (Å²) in [5, 5.41) is 4.26. The molecule has 1 amide bonds. The average Bonchev–Trinajstić information content (AvgIpc) is 3.19. The van der Waals surface area contributed by atoms with Crippen molar-refractivity contribution >= 4 is 33.0 Å². The lowest BCUT2D eigenvalue weighted by molar-refractivity contribution is -0.119. The number of sulfone groups is 1. The summed E-state index contributed by atoms with van der Waals surface area (Å²) in [5.41, 5.74) is 6.47. The topological polar surface area (TPSA) is 119 Å². The minimum atomic E-state index is -4.03. The van der Waals surface area contributed by atoms with Crippen molar-refractivity contribution in [1.82, 2.24) is 10.1 Å². The highest BCUT2D eigenvalue weighted by molar-refractivity contribution is 7.91. The quantitative estimate of drug-likeness (QED) is 0.630. The van der Waals surface area contributed by atoms with Crippen LogP contribution in [0.1, 0.15) is 18.3 Å². The molecule has 4 rings (SSSR count). The first kappa shape index (κ1) is 21.4. The van der Waals surface area contributed by atoms with E-state index in [0.29, 0.717) is 22.8 Å². The fourth-order valence-electron chi connectivity index (χ4n) is 3.33. The van der Waals surface area contributed by atoms with Gasteiger partial charge >= 0.3 is 0 Å². The summed E-state index contributed by atoms with van der Waals surface area (Å²) in [6, 6.07) is 7.52. The van der Waals surface area contributed by atoms with Crippen LogP contribution < -0.4 is 10.6 Å². The van der Waals surface area contributed by atoms with Crippen molar-refractivity contribution in [3.63, 3.8) is 0 Å². The predicted octanol–water partition coefficient (Wildman–Crippen LogP) is 2.74. The lowest BCUT2D eigenvalue weighted by Gasteiger charge is -2.24. The molecule has 2 N–H and O–H groups in total. The molecular formula is C20H18ClFN4O4S. The summed E-state index contributed by atoms with van der Waals surface area (Å²) < 4.78 is 45.7. The van der Waals surface area contributed by atoms with Gasteiger partial charge in [-0.05, 0) is 29.8 Å². The molecule has 8 nitrogen and oxygen atoms in total. The number of benzene rings is 2. The first-order chi connectivity index (χ1) is 14.7. The van der Waals surface area contributed by atoms with E-state index in [9.17, 15) is 17.6 Å². The molecule has 0 bridgehead atoms. The summed E-state index contributed by atoms with van der Waals surface area (Å²) in [7, 11) is -4.03. The molecule has 1 atom stereocenters. The third-order valence-electron chi connectivity index (χ3n) is 4.93. The van der Waals surface area contributed by atoms with Gasteiger partial charge in [0.2, 0.25) is 5.91 Å². The zero-order chi connectivity index (χ0) is 22.3. The van der Waals surface area contributed by atoms with Crippen molar-refractivity contribution in [2.45, 2.75) is 30.8 Å². The lowest BCUT2D eigenvalue weighted by atomic mass is 10.1. The highest BCUT2D eigenvalue weighted by Crippen LogP contribution is 2.36. The van der Waals surface area contributed by atoms with E-state index in [0.717, 1.165) is 6.07 Å². The van der Waals surface area contributed by atoms with Gasteiger partial charge in [-0.3, -0.25) is 4.79 Å². The minimum Gasteiger partial charge on any atom is -0.334 e. The molecule has 31 heavy (non-hydrogen) atoms. The number of hydrogen-bond acceptors (Lipinski definition) is 7. The summed E-state index contributed by atoms with van der Waals surface area (Å²) in [6.45, 7) is 1.82. The maximum absolute atomic E-state index is 14.9. The largest absolute Gasteiger partial charge is 0.334 e. The second kappa shape index (κ2) is 8.03. The third kappa shape index (κ3) is 4.06. The summed E-state index contributed by atoms with van der Waals surface area (Å²) >= 11 is 5.93. The molecule has 2 heterocycles.